The van der Waals surface area contributed by atoms with E-state index in [2.05, 4.69) is 15.2 Å². The van der Waals surface area contributed by atoms with Crippen LogP contribution in [0.1, 0.15) is 24.8 Å². The maximum atomic E-state index is 12.6. The molecule has 0 spiro atoms. The molecule has 3 rings (SSSR count). The Morgan fingerprint density at radius 2 is 1.88 bits per heavy atom. The minimum Gasteiger partial charge on any atom is -0.481 e. The van der Waals surface area contributed by atoms with E-state index in [1.807, 2.05) is 12.1 Å². The minimum absolute atomic E-state index is 0.0696. The highest BCUT2D eigenvalue weighted by molar-refractivity contribution is 5.80. The van der Waals surface area contributed by atoms with E-state index in [-0.39, 0.29) is 11.8 Å². The summed E-state index contributed by atoms with van der Waals surface area (Å²) >= 11 is 0. The molecule has 0 bridgehead atoms. The summed E-state index contributed by atoms with van der Waals surface area (Å²) in [5.41, 5.74) is 0.982. The summed E-state index contributed by atoms with van der Waals surface area (Å²) in [7, 11) is 0. The SMILES string of the molecule is O=C(O)[C@H]1C[C@@H](C(=O)NCc2ccncc2)CN(C2CCOCC2)C1. The highest BCUT2D eigenvalue weighted by atomic mass is 16.5. The lowest BCUT2D eigenvalue weighted by Gasteiger charge is -2.41. The molecule has 1 aromatic heterocycles. The highest BCUT2D eigenvalue weighted by Crippen LogP contribution is 2.27. The van der Waals surface area contributed by atoms with Crippen molar-refractivity contribution in [1.82, 2.24) is 15.2 Å². The first-order valence-electron chi connectivity index (χ1n) is 8.84. The normalized spacial score (nSPS) is 25.4. The summed E-state index contributed by atoms with van der Waals surface area (Å²) in [4.78, 5) is 30.3. The van der Waals surface area contributed by atoms with Crippen molar-refractivity contribution in [3.8, 4) is 0 Å². The van der Waals surface area contributed by atoms with Crippen LogP contribution in [-0.4, -0.2) is 59.2 Å². The number of nitrogens with zero attached hydrogens (tertiary/aromatic N) is 2. The van der Waals surface area contributed by atoms with Crippen LogP contribution in [0.2, 0.25) is 0 Å². The monoisotopic (exact) mass is 347 g/mol. The summed E-state index contributed by atoms with van der Waals surface area (Å²) in [6.07, 6.45) is 5.58. The maximum absolute atomic E-state index is 12.6. The predicted octanol–water partition coefficient (Wildman–Crippen LogP) is 0.899. The Morgan fingerprint density at radius 3 is 2.56 bits per heavy atom. The standard InChI is InChI=1S/C18H25N3O4/c22-17(20-10-13-1-5-19-6-2-13)14-9-15(18(23)24)12-21(11-14)16-3-7-25-8-4-16/h1-2,5-6,14-16H,3-4,7-12H2,(H,20,22)(H,23,24)/t14-,15+/m1/s1. The van der Waals surface area contributed by atoms with Gasteiger partial charge in [0.2, 0.25) is 5.91 Å². The molecule has 0 radical (unpaired) electrons. The molecule has 2 fully saturated rings. The number of likely N-dealkylation sites (tertiary alicyclic amines) is 1. The van der Waals surface area contributed by atoms with Gasteiger partial charge in [0.15, 0.2) is 0 Å². The zero-order valence-corrected chi connectivity index (χ0v) is 14.3. The van der Waals surface area contributed by atoms with E-state index in [1.165, 1.54) is 0 Å². The number of aliphatic carboxylic acids is 1. The number of nitrogens with one attached hydrogen (secondary N) is 1. The van der Waals surface area contributed by atoms with Crippen LogP contribution < -0.4 is 5.32 Å². The molecular weight excluding hydrogens is 322 g/mol. The van der Waals surface area contributed by atoms with E-state index in [4.69, 9.17) is 4.74 Å². The Hall–Kier alpha value is -1.99. The van der Waals surface area contributed by atoms with Gasteiger partial charge in [-0.05, 0) is 37.0 Å². The second kappa shape index (κ2) is 8.40. The van der Waals surface area contributed by atoms with Gasteiger partial charge in [-0.1, -0.05) is 0 Å². The Bertz CT molecular complexity index is 589. The molecule has 2 aliphatic heterocycles. The van der Waals surface area contributed by atoms with Crippen molar-refractivity contribution >= 4 is 11.9 Å². The number of rotatable bonds is 5. The van der Waals surface area contributed by atoms with Gasteiger partial charge in [0.05, 0.1) is 11.8 Å². The fourth-order valence-electron chi connectivity index (χ4n) is 3.68. The first-order valence-corrected chi connectivity index (χ1v) is 8.84. The first-order chi connectivity index (χ1) is 12.1. The minimum atomic E-state index is -0.816. The maximum Gasteiger partial charge on any atom is 0.307 e. The van der Waals surface area contributed by atoms with Crippen molar-refractivity contribution in [1.29, 1.82) is 0 Å². The van der Waals surface area contributed by atoms with Crippen molar-refractivity contribution in [3.05, 3.63) is 30.1 Å². The number of carbonyl (C=O) groups excluding carboxylic acids is 1. The van der Waals surface area contributed by atoms with Crippen LogP contribution in [0.25, 0.3) is 0 Å². The van der Waals surface area contributed by atoms with Crippen molar-refractivity contribution in [3.63, 3.8) is 0 Å². The topological polar surface area (TPSA) is 91.8 Å². The van der Waals surface area contributed by atoms with Crippen molar-refractivity contribution in [2.24, 2.45) is 11.8 Å². The van der Waals surface area contributed by atoms with Crippen LogP contribution in [0.5, 0.6) is 0 Å². The Kier molecular flexibility index (Phi) is 5.99. The second-order valence-electron chi connectivity index (χ2n) is 6.84. The fraction of sp³-hybridized carbons (Fsp3) is 0.611. The van der Waals surface area contributed by atoms with Gasteiger partial charge >= 0.3 is 5.97 Å². The zero-order valence-electron chi connectivity index (χ0n) is 14.3. The van der Waals surface area contributed by atoms with E-state index in [9.17, 15) is 14.7 Å². The quantitative estimate of drug-likeness (QED) is 0.822. The van der Waals surface area contributed by atoms with Crippen LogP contribution in [0.3, 0.4) is 0 Å². The van der Waals surface area contributed by atoms with Crippen LogP contribution in [0.4, 0.5) is 0 Å². The lowest BCUT2D eigenvalue weighted by Crippen LogP contribution is -2.52. The second-order valence-corrected chi connectivity index (χ2v) is 6.84. The van der Waals surface area contributed by atoms with Gasteiger partial charge in [-0.15, -0.1) is 0 Å². The molecule has 2 N–H and O–H groups in total. The van der Waals surface area contributed by atoms with E-state index in [0.29, 0.717) is 45.3 Å². The average Bonchev–Trinajstić information content (AvgIpc) is 2.67. The van der Waals surface area contributed by atoms with Gasteiger partial charge in [0.1, 0.15) is 0 Å². The number of carbonyl (C=O) groups is 2. The Morgan fingerprint density at radius 1 is 1.20 bits per heavy atom. The lowest BCUT2D eigenvalue weighted by atomic mass is 9.86. The Labute approximate surface area is 147 Å². The molecule has 2 atom stereocenters. The van der Waals surface area contributed by atoms with E-state index < -0.39 is 11.9 Å². The van der Waals surface area contributed by atoms with Gasteiger partial charge < -0.3 is 15.2 Å². The van der Waals surface area contributed by atoms with Crippen molar-refractivity contribution < 1.29 is 19.4 Å². The number of hydrogen-bond acceptors (Lipinski definition) is 5. The summed E-state index contributed by atoms with van der Waals surface area (Å²) in [6.45, 7) is 2.99. The Balaban J connectivity index is 1.61. The van der Waals surface area contributed by atoms with Crippen LogP contribution in [0, 0.1) is 11.8 Å². The van der Waals surface area contributed by atoms with Gasteiger partial charge in [0, 0.05) is 51.3 Å². The summed E-state index contributed by atoms with van der Waals surface area (Å²) in [6, 6.07) is 4.02. The highest BCUT2D eigenvalue weighted by Gasteiger charge is 2.37. The molecule has 25 heavy (non-hydrogen) atoms. The number of carboxylic acid groups (broad SMARTS) is 1. The number of hydrogen-bond donors (Lipinski definition) is 2. The largest absolute Gasteiger partial charge is 0.481 e. The molecular formula is C18H25N3O4. The molecule has 136 valence electrons. The molecule has 2 saturated heterocycles. The van der Waals surface area contributed by atoms with Gasteiger partial charge in [-0.25, -0.2) is 0 Å². The van der Waals surface area contributed by atoms with Crippen LogP contribution >= 0.6 is 0 Å². The van der Waals surface area contributed by atoms with Crippen LogP contribution in [-0.2, 0) is 20.9 Å². The number of amides is 1. The average molecular weight is 347 g/mol. The molecule has 0 aromatic carbocycles. The van der Waals surface area contributed by atoms with E-state index in [0.717, 1.165) is 18.4 Å². The fourth-order valence-corrected chi connectivity index (χ4v) is 3.68. The molecule has 0 saturated carbocycles. The number of pyridine rings is 1. The lowest BCUT2D eigenvalue weighted by molar-refractivity contribution is -0.146. The molecule has 3 heterocycles. The molecule has 1 aromatic rings. The number of carboxylic acids is 1. The van der Waals surface area contributed by atoms with Gasteiger partial charge in [-0.3, -0.25) is 19.5 Å². The first kappa shape index (κ1) is 17.8. The summed E-state index contributed by atoms with van der Waals surface area (Å²) in [5, 5.41) is 12.4. The van der Waals surface area contributed by atoms with E-state index >= 15 is 0 Å². The third-order valence-corrected chi connectivity index (χ3v) is 5.12. The predicted molar refractivity (Wildman–Crippen MR) is 90.7 cm³/mol. The summed E-state index contributed by atoms with van der Waals surface area (Å²) in [5.74, 6) is -1.67. The van der Waals surface area contributed by atoms with Gasteiger partial charge in [0.25, 0.3) is 0 Å². The molecule has 1 amide bonds. The molecule has 7 nitrogen and oxygen atoms in total. The third kappa shape index (κ3) is 4.76. The number of ether oxygens (including phenoxy) is 1. The zero-order chi connectivity index (χ0) is 17.6. The van der Waals surface area contributed by atoms with Crippen molar-refractivity contribution in [2.75, 3.05) is 26.3 Å². The van der Waals surface area contributed by atoms with Crippen molar-refractivity contribution in [2.45, 2.75) is 31.8 Å². The number of aromatic nitrogens is 1. The van der Waals surface area contributed by atoms with Crippen LogP contribution in [0.15, 0.2) is 24.5 Å². The number of piperidine rings is 1. The van der Waals surface area contributed by atoms with Gasteiger partial charge in [-0.2, -0.15) is 0 Å². The summed E-state index contributed by atoms with van der Waals surface area (Å²) < 4.78 is 5.40. The molecule has 0 unspecified atom stereocenters. The third-order valence-electron chi connectivity index (χ3n) is 5.12. The smallest absolute Gasteiger partial charge is 0.307 e. The molecule has 2 aliphatic rings. The molecule has 7 heteroatoms. The molecule has 0 aliphatic carbocycles. The van der Waals surface area contributed by atoms with E-state index in [1.54, 1.807) is 12.4 Å².